The largest absolute Gasteiger partial charge is 0.326 e. The van der Waals surface area contributed by atoms with E-state index < -0.39 is 10.2 Å². The first-order valence-corrected chi connectivity index (χ1v) is 8.46. The SMILES string of the molecule is Cc1nnsc1C(=O)Nc1ccc2c(c1)N(C)S(=O)(=O)N2C. The van der Waals surface area contributed by atoms with Crippen LogP contribution in [0.15, 0.2) is 18.2 Å². The molecular weight excluding hydrogens is 326 g/mol. The minimum Gasteiger partial charge on any atom is -0.321 e. The number of anilines is 3. The second kappa shape index (κ2) is 4.92. The molecular formula is C12H13N5O3S2. The van der Waals surface area contributed by atoms with Crippen LogP contribution in [0.3, 0.4) is 0 Å². The van der Waals surface area contributed by atoms with Crippen LogP contribution in [0.5, 0.6) is 0 Å². The molecule has 0 saturated heterocycles. The molecule has 116 valence electrons. The Morgan fingerprint density at radius 2 is 1.91 bits per heavy atom. The van der Waals surface area contributed by atoms with Crippen LogP contribution in [0.1, 0.15) is 15.4 Å². The molecule has 3 rings (SSSR count). The predicted octanol–water partition coefficient (Wildman–Crippen LogP) is 1.23. The number of aromatic nitrogens is 2. The van der Waals surface area contributed by atoms with Gasteiger partial charge >= 0.3 is 10.2 Å². The summed E-state index contributed by atoms with van der Waals surface area (Å²) in [6, 6.07) is 4.94. The van der Waals surface area contributed by atoms with E-state index in [1.807, 2.05) is 0 Å². The van der Waals surface area contributed by atoms with Gasteiger partial charge in [0, 0.05) is 19.8 Å². The Balaban J connectivity index is 1.92. The molecule has 0 saturated carbocycles. The standard InChI is InChI=1S/C12H13N5O3S2/c1-7-11(21-15-14-7)12(18)13-8-4-5-9-10(6-8)17(3)22(19,20)16(9)2/h4-6H,1-3H3,(H,13,18). The van der Waals surface area contributed by atoms with Crippen molar-refractivity contribution in [3.05, 3.63) is 28.8 Å². The average molecular weight is 339 g/mol. The Labute approximate surface area is 131 Å². The third-order valence-electron chi connectivity index (χ3n) is 3.46. The van der Waals surface area contributed by atoms with E-state index in [0.29, 0.717) is 27.6 Å². The number of hydrogen-bond acceptors (Lipinski definition) is 6. The average Bonchev–Trinajstić information content (AvgIpc) is 2.97. The van der Waals surface area contributed by atoms with Crippen molar-refractivity contribution >= 4 is 44.7 Å². The number of carbonyl (C=O) groups is 1. The lowest BCUT2D eigenvalue weighted by atomic mass is 10.2. The number of carbonyl (C=O) groups excluding carboxylic acids is 1. The summed E-state index contributed by atoms with van der Waals surface area (Å²) in [7, 11) is -0.561. The number of aryl methyl sites for hydroxylation is 1. The van der Waals surface area contributed by atoms with Crippen LogP contribution >= 0.6 is 11.5 Å². The van der Waals surface area contributed by atoms with Crippen LogP contribution in [0.25, 0.3) is 0 Å². The maximum Gasteiger partial charge on any atom is 0.326 e. The van der Waals surface area contributed by atoms with Crippen molar-refractivity contribution in [2.45, 2.75) is 6.92 Å². The van der Waals surface area contributed by atoms with E-state index in [4.69, 9.17) is 0 Å². The summed E-state index contributed by atoms with van der Waals surface area (Å²) in [5, 5.41) is 6.52. The number of benzene rings is 1. The Kier molecular flexibility index (Phi) is 3.29. The number of amides is 1. The van der Waals surface area contributed by atoms with Gasteiger partial charge in [0.15, 0.2) is 0 Å². The fraction of sp³-hybridized carbons (Fsp3) is 0.250. The molecule has 22 heavy (non-hydrogen) atoms. The first-order valence-electron chi connectivity index (χ1n) is 6.29. The molecule has 2 heterocycles. The molecule has 0 bridgehead atoms. The topological polar surface area (TPSA) is 95.5 Å². The van der Waals surface area contributed by atoms with Crippen molar-refractivity contribution in [1.82, 2.24) is 9.59 Å². The van der Waals surface area contributed by atoms with Gasteiger partial charge < -0.3 is 5.32 Å². The van der Waals surface area contributed by atoms with Crippen molar-refractivity contribution in [2.75, 3.05) is 28.0 Å². The molecule has 1 aromatic heterocycles. The van der Waals surface area contributed by atoms with Gasteiger partial charge in [-0.1, -0.05) is 4.49 Å². The monoisotopic (exact) mass is 339 g/mol. The summed E-state index contributed by atoms with van der Waals surface area (Å²) < 4.78 is 30.2. The second-order valence-corrected chi connectivity index (χ2v) is 7.53. The minimum atomic E-state index is -3.52. The number of hydrogen-bond donors (Lipinski definition) is 1. The number of rotatable bonds is 2. The van der Waals surface area contributed by atoms with Crippen LogP contribution < -0.4 is 13.9 Å². The molecule has 1 aromatic carbocycles. The van der Waals surface area contributed by atoms with Crippen molar-refractivity contribution in [3.8, 4) is 0 Å². The van der Waals surface area contributed by atoms with Gasteiger partial charge in [0.25, 0.3) is 5.91 Å². The van der Waals surface area contributed by atoms with Crippen LogP contribution in [0.4, 0.5) is 17.1 Å². The van der Waals surface area contributed by atoms with Crippen LogP contribution in [-0.2, 0) is 10.2 Å². The zero-order chi connectivity index (χ0) is 16.1. The smallest absolute Gasteiger partial charge is 0.321 e. The molecule has 8 nitrogen and oxygen atoms in total. The zero-order valence-corrected chi connectivity index (χ0v) is 13.7. The van der Waals surface area contributed by atoms with E-state index in [2.05, 4.69) is 14.9 Å². The molecule has 0 radical (unpaired) electrons. The second-order valence-electron chi connectivity index (χ2n) is 4.79. The fourth-order valence-corrected chi connectivity index (χ4v) is 3.90. The molecule has 1 amide bonds. The molecule has 0 unspecified atom stereocenters. The summed E-state index contributed by atoms with van der Waals surface area (Å²) in [5.41, 5.74) is 2.15. The maximum atomic E-state index is 12.1. The minimum absolute atomic E-state index is 0.315. The highest BCUT2D eigenvalue weighted by atomic mass is 32.2. The highest BCUT2D eigenvalue weighted by Gasteiger charge is 2.35. The molecule has 1 aliphatic heterocycles. The number of nitrogens with one attached hydrogen (secondary N) is 1. The summed E-state index contributed by atoms with van der Waals surface area (Å²) in [5.74, 6) is -0.315. The molecule has 1 aliphatic rings. The molecule has 10 heteroatoms. The highest BCUT2D eigenvalue weighted by Crippen LogP contribution is 2.40. The van der Waals surface area contributed by atoms with E-state index in [0.717, 1.165) is 11.5 Å². The maximum absolute atomic E-state index is 12.1. The van der Waals surface area contributed by atoms with Crippen LogP contribution in [-0.4, -0.2) is 38.0 Å². The third kappa shape index (κ3) is 2.11. The van der Waals surface area contributed by atoms with Crippen LogP contribution in [0, 0.1) is 6.92 Å². The van der Waals surface area contributed by atoms with E-state index in [1.165, 1.54) is 22.7 Å². The molecule has 0 spiro atoms. The summed E-state index contributed by atoms with van der Waals surface area (Å²) in [6.07, 6.45) is 0. The van der Waals surface area contributed by atoms with Gasteiger partial charge in [-0.2, -0.15) is 8.42 Å². The van der Waals surface area contributed by atoms with Gasteiger partial charge in [0.05, 0.1) is 17.1 Å². The van der Waals surface area contributed by atoms with E-state index in [9.17, 15) is 13.2 Å². The Bertz CT molecular complexity index is 861. The highest BCUT2D eigenvalue weighted by molar-refractivity contribution is 7.94. The quantitative estimate of drug-likeness (QED) is 0.888. The van der Waals surface area contributed by atoms with Crippen LogP contribution in [0.2, 0.25) is 0 Å². The Morgan fingerprint density at radius 1 is 1.23 bits per heavy atom. The zero-order valence-electron chi connectivity index (χ0n) is 12.1. The van der Waals surface area contributed by atoms with Gasteiger partial charge in [-0.3, -0.25) is 13.4 Å². The molecule has 2 aromatic rings. The van der Waals surface area contributed by atoms with Gasteiger partial charge in [0.1, 0.15) is 4.88 Å². The summed E-state index contributed by atoms with van der Waals surface area (Å²) in [6.45, 7) is 1.70. The van der Waals surface area contributed by atoms with Gasteiger partial charge in [-0.05, 0) is 36.7 Å². The van der Waals surface area contributed by atoms with Crippen molar-refractivity contribution in [3.63, 3.8) is 0 Å². The van der Waals surface area contributed by atoms with Crippen molar-refractivity contribution < 1.29 is 13.2 Å². The molecule has 0 aliphatic carbocycles. The third-order valence-corrected chi connectivity index (χ3v) is 6.07. The summed E-state index contributed by atoms with van der Waals surface area (Å²) in [4.78, 5) is 12.6. The number of fused-ring (bicyclic) bond motifs is 1. The Hall–Kier alpha value is -2.20. The van der Waals surface area contributed by atoms with Crippen molar-refractivity contribution in [1.29, 1.82) is 0 Å². The van der Waals surface area contributed by atoms with Gasteiger partial charge in [-0.25, -0.2) is 0 Å². The molecule has 1 N–H and O–H groups in total. The van der Waals surface area contributed by atoms with Crippen molar-refractivity contribution in [2.24, 2.45) is 0 Å². The van der Waals surface area contributed by atoms with Gasteiger partial charge in [-0.15, -0.1) is 5.10 Å². The molecule has 0 fully saturated rings. The summed E-state index contributed by atoms with van der Waals surface area (Å²) >= 11 is 1.02. The van der Waals surface area contributed by atoms with Gasteiger partial charge in [0.2, 0.25) is 0 Å². The predicted molar refractivity (Wildman–Crippen MR) is 84.8 cm³/mol. The van der Waals surface area contributed by atoms with E-state index in [-0.39, 0.29) is 5.91 Å². The lowest BCUT2D eigenvalue weighted by molar-refractivity contribution is 0.103. The van der Waals surface area contributed by atoms with E-state index in [1.54, 1.807) is 25.1 Å². The van der Waals surface area contributed by atoms with E-state index >= 15 is 0 Å². The Morgan fingerprint density at radius 3 is 2.55 bits per heavy atom. The fourth-order valence-electron chi connectivity index (χ4n) is 2.18. The normalized spacial score (nSPS) is 15.8. The first kappa shape index (κ1) is 14.7. The first-order chi connectivity index (χ1) is 10.3. The lowest BCUT2D eigenvalue weighted by Crippen LogP contribution is -2.32. The molecule has 0 atom stereocenters. The number of nitrogens with zero attached hydrogens (tertiary/aromatic N) is 4. The lowest BCUT2D eigenvalue weighted by Gasteiger charge is -2.13.